The van der Waals surface area contributed by atoms with Crippen LogP contribution in [0.2, 0.25) is 0 Å². The number of piperidine rings is 1. The quantitative estimate of drug-likeness (QED) is 0.422. The van der Waals surface area contributed by atoms with E-state index >= 15 is 0 Å². The van der Waals surface area contributed by atoms with Gasteiger partial charge in [-0.2, -0.15) is 4.31 Å². The Labute approximate surface area is 253 Å². The predicted molar refractivity (Wildman–Crippen MR) is 160 cm³/mol. The van der Waals surface area contributed by atoms with E-state index in [0.717, 1.165) is 18.4 Å². The minimum absolute atomic E-state index is 0.00448. The van der Waals surface area contributed by atoms with Crippen molar-refractivity contribution in [3.8, 4) is 5.75 Å². The summed E-state index contributed by atoms with van der Waals surface area (Å²) in [5.41, 5.74) is 1.24. The molecule has 2 fully saturated rings. The van der Waals surface area contributed by atoms with Gasteiger partial charge in [0.25, 0.3) is 0 Å². The SMILES string of the molecule is Cc1ccc(S(=O)(=O)N2CCC[C@H]2C(=O)N(c2ccc(OC(=O)N3CCCC(CO)C3)cc2)[C@@H](C)C(=O)OC(C)C)cc1. The van der Waals surface area contributed by atoms with Gasteiger partial charge in [-0.3, -0.25) is 9.69 Å². The summed E-state index contributed by atoms with van der Waals surface area (Å²) >= 11 is 0. The Morgan fingerprint density at radius 1 is 0.977 bits per heavy atom. The number of aliphatic hydroxyl groups is 1. The fraction of sp³-hybridized carbons (Fsp3) is 0.516. The Morgan fingerprint density at radius 3 is 2.26 bits per heavy atom. The Balaban J connectivity index is 1.59. The first-order valence-corrected chi connectivity index (χ1v) is 16.2. The van der Waals surface area contributed by atoms with Crippen LogP contribution >= 0.6 is 0 Å². The first kappa shape index (κ1) is 32.4. The van der Waals surface area contributed by atoms with Gasteiger partial charge < -0.3 is 19.5 Å². The van der Waals surface area contributed by atoms with E-state index < -0.39 is 46.2 Å². The number of hydrogen-bond donors (Lipinski definition) is 1. The molecular formula is C31H41N3O8S. The van der Waals surface area contributed by atoms with Crippen LogP contribution in [0.4, 0.5) is 10.5 Å². The van der Waals surface area contributed by atoms with E-state index in [2.05, 4.69) is 0 Å². The Hall–Kier alpha value is -3.48. The Morgan fingerprint density at radius 2 is 1.63 bits per heavy atom. The summed E-state index contributed by atoms with van der Waals surface area (Å²) in [7, 11) is -3.98. The fourth-order valence-electron chi connectivity index (χ4n) is 5.48. The maximum atomic E-state index is 14.1. The normalized spacial score (nSPS) is 20.1. The van der Waals surface area contributed by atoms with Crippen molar-refractivity contribution in [3.63, 3.8) is 0 Å². The number of ether oxygens (including phenoxy) is 2. The highest BCUT2D eigenvalue weighted by Gasteiger charge is 2.43. The lowest BCUT2D eigenvalue weighted by Crippen LogP contribution is -2.53. The summed E-state index contributed by atoms with van der Waals surface area (Å²) < 4.78 is 39.3. The van der Waals surface area contributed by atoms with E-state index in [1.165, 1.54) is 40.4 Å². The maximum Gasteiger partial charge on any atom is 0.415 e. The van der Waals surface area contributed by atoms with Gasteiger partial charge in [0.15, 0.2) is 0 Å². The van der Waals surface area contributed by atoms with Crippen LogP contribution in [-0.4, -0.2) is 85.1 Å². The number of aryl methyl sites for hydroxylation is 1. The van der Waals surface area contributed by atoms with Crippen molar-refractivity contribution in [2.45, 2.75) is 76.5 Å². The zero-order valence-corrected chi connectivity index (χ0v) is 26.0. The molecule has 0 radical (unpaired) electrons. The standard InChI is InChI=1S/C31H41N3O8S/c1-21(2)41-30(37)23(4)34(25-11-13-26(14-12-25)42-31(38)32-17-5-7-24(19-32)20-35)29(36)28-8-6-18-33(28)43(39,40)27-15-9-22(3)10-16-27/h9-16,21,23-24,28,35H,5-8,17-20H2,1-4H3/t23-,24?,28-/m0/s1. The molecule has 2 aliphatic rings. The molecule has 2 heterocycles. The van der Waals surface area contributed by atoms with Crippen molar-refractivity contribution in [2.24, 2.45) is 5.92 Å². The zero-order valence-electron chi connectivity index (χ0n) is 25.1. The zero-order chi connectivity index (χ0) is 31.3. The Bertz CT molecular complexity index is 1400. The second kappa shape index (κ2) is 13.9. The molecule has 3 atom stereocenters. The van der Waals surface area contributed by atoms with Crippen molar-refractivity contribution in [1.29, 1.82) is 0 Å². The smallest absolute Gasteiger partial charge is 0.415 e. The summed E-state index contributed by atoms with van der Waals surface area (Å²) in [6, 6.07) is 10.6. The molecule has 2 saturated heterocycles. The number of amides is 2. The molecule has 0 saturated carbocycles. The third-order valence-electron chi connectivity index (χ3n) is 7.79. The minimum Gasteiger partial charge on any atom is -0.461 e. The van der Waals surface area contributed by atoms with Crippen LogP contribution in [0.1, 0.15) is 52.0 Å². The lowest BCUT2D eigenvalue weighted by Gasteiger charge is -2.33. The topological polar surface area (TPSA) is 134 Å². The van der Waals surface area contributed by atoms with Crippen LogP contribution in [0, 0.1) is 12.8 Å². The molecule has 4 rings (SSSR count). The molecule has 2 amide bonds. The van der Waals surface area contributed by atoms with Gasteiger partial charge in [-0.1, -0.05) is 17.7 Å². The Kier molecular flexibility index (Phi) is 10.5. The molecule has 2 aliphatic heterocycles. The maximum absolute atomic E-state index is 14.1. The van der Waals surface area contributed by atoms with Crippen molar-refractivity contribution in [3.05, 3.63) is 54.1 Å². The van der Waals surface area contributed by atoms with Crippen molar-refractivity contribution < 1.29 is 37.4 Å². The average Bonchev–Trinajstić information content (AvgIpc) is 3.49. The van der Waals surface area contributed by atoms with Gasteiger partial charge >= 0.3 is 12.1 Å². The second-order valence-electron chi connectivity index (χ2n) is 11.5. The third-order valence-corrected chi connectivity index (χ3v) is 9.71. The van der Waals surface area contributed by atoms with E-state index in [1.807, 2.05) is 6.92 Å². The molecule has 43 heavy (non-hydrogen) atoms. The lowest BCUT2D eigenvalue weighted by atomic mass is 10.00. The molecule has 11 nitrogen and oxygen atoms in total. The molecule has 0 aliphatic carbocycles. The summed E-state index contributed by atoms with van der Waals surface area (Å²) in [4.78, 5) is 42.8. The van der Waals surface area contributed by atoms with Crippen LogP contribution < -0.4 is 9.64 Å². The number of anilines is 1. The summed E-state index contributed by atoms with van der Waals surface area (Å²) in [5, 5.41) is 9.47. The van der Waals surface area contributed by atoms with Crippen molar-refractivity contribution in [2.75, 3.05) is 31.1 Å². The third kappa shape index (κ3) is 7.54. The van der Waals surface area contributed by atoms with E-state index in [4.69, 9.17) is 9.47 Å². The van der Waals surface area contributed by atoms with Crippen LogP contribution in [0.5, 0.6) is 5.75 Å². The minimum atomic E-state index is -3.98. The van der Waals surface area contributed by atoms with Gasteiger partial charge in [0, 0.05) is 31.9 Å². The van der Waals surface area contributed by atoms with Gasteiger partial charge in [-0.05, 0) is 95.7 Å². The molecular weight excluding hydrogens is 574 g/mol. The predicted octanol–water partition coefficient (Wildman–Crippen LogP) is 3.72. The highest BCUT2D eigenvalue weighted by atomic mass is 32.2. The molecule has 2 aromatic rings. The highest BCUT2D eigenvalue weighted by molar-refractivity contribution is 7.89. The van der Waals surface area contributed by atoms with Gasteiger partial charge in [0.2, 0.25) is 15.9 Å². The summed E-state index contributed by atoms with van der Waals surface area (Å²) in [6.45, 7) is 7.94. The number of carbonyl (C=O) groups excluding carboxylic acids is 3. The molecule has 0 bridgehead atoms. The van der Waals surface area contributed by atoms with Gasteiger partial charge in [0.05, 0.1) is 11.0 Å². The van der Waals surface area contributed by atoms with Crippen molar-refractivity contribution in [1.82, 2.24) is 9.21 Å². The average molecular weight is 616 g/mol. The number of benzene rings is 2. The second-order valence-corrected chi connectivity index (χ2v) is 13.3. The first-order chi connectivity index (χ1) is 20.4. The number of aliphatic hydroxyl groups excluding tert-OH is 1. The van der Waals surface area contributed by atoms with Gasteiger partial charge in [-0.15, -0.1) is 0 Å². The van der Waals surface area contributed by atoms with Crippen molar-refractivity contribution >= 4 is 33.7 Å². The highest BCUT2D eigenvalue weighted by Crippen LogP contribution is 2.31. The summed E-state index contributed by atoms with van der Waals surface area (Å²) in [6.07, 6.45) is 1.46. The number of rotatable bonds is 9. The molecule has 234 valence electrons. The number of hydrogen-bond acceptors (Lipinski definition) is 8. The van der Waals surface area contributed by atoms with E-state index in [1.54, 1.807) is 43.0 Å². The molecule has 2 aromatic carbocycles. The number of carbonyl (C=O) groups is 3. The number of likely N-dealkylation sites (tertiary alicyclic amines) is 1. The van der Waals surface area contributed by atoms with Crippen LogP contribution in [0.3, 0.4) is 0 Å². The number of esters is 1. The van der Waals surface area contributed by atoms with E-state index in [0.29, 0.717) is 31.6 Å². The molecule has 1 unspecified atom stereocenters. The van der Waals surface area contributed by atoms with Gasteiger partial charge in [0.1, 0.15) is 17.8 Å². The first-order valence-electron chi connectivity index (χ1n) is 14.7. The molecule has 12 heteroatoms. The van der Waals surface area contributed by atoms with Gasteiger partial charge in [-0.25, -0.2) is 18.0 Å². The summed E-state index contributed by atoms with van der Waals surface area (Å²) in [5.74, 6) is -0.919. The number of nitrogens with zero attached hydrogens (tertiary/aromatic N) is 3. The number of sulfonamides is 1. The van der Waals surface area contributed by atoms with E-state index in [9.17, 15) is 27.9 Å². The largest absolute Gasteiger partial charge is 0.461 e. The fourth-order valence-corrected chi connectivity index (χ4v) is 7.13. The molecule has 0 aromatic heterocycles. The lowest BCUT2D eigenvalue weighted by molar-refractivity contribution is -0.149. The van der Waals surface area contributed by atoms with Crippen LogP contribution in [0.25, 0.3) is 0 Å². The molecule has 0 spiro atoms. The van der Waals surface area contributed by atoms with E-state index in [-0.39, 0.29) is 29.7 Å². The van der Waals surface area contributed by atoms with Crippen LogP contribution in [0.15, 0.2) is 53.4 Å². The van der Waals surface area contributed by atoms with Crippen LogP contribution in [-0.2, 0) is 24.3 Å². The molecule has 1 N–H and O–H groups in total. The monoisotopic (exact) mass is 615 g/mol.